The van der Waals surface area contributed by atoms with Crippen LogP contribution in [0.1, 0.15) is 12.5 Å². The molecule has 16 heavy (non-hydrogen) atoms. The predicted molar refractivity (Wildman–Crippen MR) is 61.7 cm³/mol. The van der Waals surface area contributed by atoms with Crippen molar-refractivity contribution in [2.75, 3.05) is 13.2 Å². The van der Waals surface area contributed by atoms with E-state index in [1.54, 1.807) is 25.4 Å². The van der Waals surface area contributed by atoms with Gasteiger partial charge in [-0.1, -0.05) is 6.08 Å². The monoisotopic (exact) mass is 220 g/mol. The molecule has 0 aliphatic heterocycles. The van der Waals surface area contributed by atoms with Crippen molar-refractivity contribution < 1.29 is 9.53 Å². The van der Waals surface area contributed by atoms with Gasteiger partial charge in [-0.05, 0) is 24.6 Å². The Hall–Kier alpha value is -1.68. The van der Waals surface area contributed by atoms with E-state index in [1.807, 2.05) is 12.1 Å². The van der Waals surface area contributed by atoms with Crippen LogP contribution < -0.4 is 5.32 Å². The van der Waals surface area contributed by atoms with Crippen LogP contribution in [0.25, 0.3) is 0 Å². The maximum atomic E-state index is 10.9. The number of nitrogens with one attached hydrogen (secondary N) is 1. The molecule has 1 aromatic heterocycles. The largest absolute Gasteiger partial charge is 0.463 e. The highest BCUT2D eigenvalue weighted by atomic mass is 16.5. The van der Waals surface area contributed by atoms with Crippen molar-refractivity contribution >= 4 is 5.97 Å². The number of carbonyl (C=O) groups excluding carboxylic acids is 1. The molecule has 0 saturated carbocycles. The minimum atomic E-state index is -0.298. The molecule has 86 valence electrons. The van der Waals surface area contributed by atoms with E-state index in [-0.39, 0.29) is 5.97 Å². The summed E-state index contributed by atoms with van der Waals surface area (Å²) in [6.45, 7) is 3.60. The summed E-state index contributed by atoms with van der Waals surface area (Å²) in [5, 5.41) is 3.18. The summed E-state index contributed by atoms with van der Waals surface area (Å²) < 4.78 is 4.74. The zero-order chi connectivity index (χ0) is 11.6. The maximum absolute atomic E-state index is 10.9. The van der Waals surface area contributed by atoms with E-state index < -0.39 is 0 Å². The summed E-state index contributed by atoms with van der Waals surface area (Å²) >= 11 is 0. The second kappa shape index (κ2) is 7.59. The van der Waals surface area contributed by atoms with E-state index in [2.05, 4.69) is 10.3 Å². The Labute approximate surface area is 95.3 Å². The molecule has 0 amide bonds. The summed E-state index contributed by atoms with van der Waals surface area (Å²) in [4.78, 5) is 14.9. The highest BCUT2D eigenvalue weighted by molar-refractivity contribution is 5.81. The van der Waals surface area contributed by atoms with Crippen LogP contribution in [0, 0.1) is 0 Å². The van der Waals surface area contributed by atoms with Gasteiger partial charge in [0.15, 0.2) is 0 Å². The zero-order valence-corrected chi connectivity index (χ0v) is 9.35. The molecule has 0 aliphatic rings. The second-order valence-electron chi connectivity index (χ2n) is 3.14. The summed E-state index contributed by atoms with van der Waals surface area (Å²) in [5.74, 6) is -0.298. The third-order valence-electron chi connectivity index (χ3n) is 1.88. The standard InChI is InChI=1S/C12H16N2O2/c1-2-16-12(15)4-3-7-14-10-11-5-8-13-9-6-11/h3-6,8-9,14H,2,7,10H2,1H3/b4-3+. The highest BCUT2D eigenvalue weighted by Crippen LogP contribution is 1.94. The smallest absolute Gasteiger partial charge is 0.330 e. The average molecular weight is 220 g/mol. The molecule has 0 unspecified atom stereocenters. The van der Waals surface area contributed by atoms with Gasteiger partial charge in [-0.15, -0.1) is 0 Å². The lowest BCUT2D eigenvalue weighted by molar-refractivity contribution is -0.137. The van der Waals surface area contributed by atoms with Gasteiger partial charge in [0.1, 0.15) is 0 Å². The van der Waals surface area contributed by atoms with E-state index in [0.717, 1.165) is 6.54 Å². The fraction of sp³-hybridized carbons (Fsp3) is 0.333. The molecule has 0 spiro atoms. The Morgan fingerprint density at radius 1 is 1.50 bits per heavy atom. The molecule has 1 N–H and O–H groups in total. The van der Waals surface area contributed by atoms with Gasteiger partial charge >= 0.3 is 5.97 Å². The van der Waals surface area contributed by atoms with Crippen LogP contribution in [-0.4, -0.2) is 24.1 Å². The first-order valence-corrected chi connectivity index (χ1v) is 5.26. The SMILES string of the molecule is CCOC(=O)/C=C/CNCc1ccncc1. The molecule has 0 aliphatic carbocycles. The summed E-state index contributed by atoms with van der Waals surface area (Å²) in [6, 6.07) is 3.89. The number of pyridine rings is 1. The van der Waals surface area contributed by atoms with E-state index >= 15 is 0 Å². The van der Waals surface area contributed by atoms with Crippen molar-refractivity contribution in [3.05, 3.63) is 42.2 Å². The first-order chi connectivity index (χ1) is 7.83. The Morgan fingerprint density at radius 2 is 2.25 bits per heavy atom. The summed E-state index contributed by atoms with van der Waals surface area (Å²) in [7, 11) is 0. The molecule has 0 saturated heterocycles. The lowest BCUT2D eigenvalue weighted by Crippen LogP contribution is -2.13. The van der Waals surface area contributed by atoms with Crippen LogP contribution in [-0.2, 0) is 16.1 Å². The normalized spacial score (nSPS) is 10.6. The number of ether oxygens (including phenoxy) is 1. The molecule has 1 rings (SSSR count). The Bertz CT molecular complexity index is 336. The molecular weight excluding hydrogens is 204 g/mol. The van der Waals surface area contributed by atoms with Crippen molar-refractivity contribution in [3.8, 4) is 0 Å². The number of hydrogen-bond donors (Lipinski definition) is 1. The molecule has 0 atom stereocenters. The quantitative estimate of drug-likeness (QED) is 0.446. The van der Waals surface area contributed by atoms with Crippen molar-refractivity contribution in [1.29, 1.82) is 0 Å². The second-order valence-corrected chi connectivity index (χ2v) is 3.14. The molecule has 4 nitrogen and oxygen atoms in total. The van der Waals surface area contributed by atoms with Crippen LogP contribution in [0.5, 0.6) is 0 Å². The first kappa shape index (κ1) is 12.4. The Morgan fingerprint density at radius 3 is 2.94 bits per heavy atom. The van der Waals surface area contributed by atoms with Crippen LogP contribution in [0.2, 0.25) is 0 Å². The van der Waals surface area contributed by atoms with E-state index in [0.29, 0.717) is 13.2 Å². The highest BCUT2D eigenvalue weighted by Gasteiger charge is 1.92. The number of esters is 1. The van der Waals surface area contributed by atoms with Crippen LogP contribution in [0.15, 0.2) is 36.7 Å². The Kier molecular flexibility index (Phi) is 5.88. The first-order valence-electron chi connectivity index (χ1n) is 5.26. The average Bonchev–Trinajstić information content (AvgIpc) is 2.30. The van der Waals surface area contributed by atoms with Crippen molar-refractivity contribution in [3.63, 3.8) is 0 Å². The van der Waals surface area contributed by atoms with Gasteiger partial charge in [-0.3, -0.25) is 4.98 Å². The van der Waals surface area contributed by atoms with Gasteiger partial charge in [-0.2, -0.15) is 0 Å². The molecule has 0 radical (unpaired) electrons. The number of aromatic nitrogens is 1. The van der Waals surface area contributed by atoms with E-state index in [4.69, 9.17) is 4.74 Å². The molecule has 0 aromatic carbocycles. The van der Waals surface area contributed by atoms with Crippen molar-refractivity contribution in [1.82, 2.24) is 10.3 Å². The molecule has 4 heteroatoms. The topological polar surface area (TPSA) is 51.2 Å². The van der Waals surface area contributed by atoms with Gasteiger partial charge in [0, 0.05) is 31.6 Å². The van der Waals surface area contributed by atoms with Crippen molar-refractivity contribution in [2.24, 2.45) is 0 Å². The van der Waals surface area contributed by atoms with Crippen molar-refractivity contribution in [2.45, 2.75) is 13.5 Å². The predicted octanol–water partition coefficient (Wildman–Crippen LogP) is 1.29. The van der Waals surface area contributed by atoms with E-state index in [1.165, 1.54) is 11.6 Å². The number of rotatable bonds is 6. The minimum Gasteiger partial charge on any atom is -0.463 e. The maximum Gasteiger partial charge on any atom is 0.330 e. The molecule has 1 aromatic rings. The van der Waals surface area contributed by atoms with Crippen LogP contribution >= 0.6 is 0 Å². The van der Waals surface area contributed by atoms with Crippen LogP contribution in [0.4, 0.5) is 0 Å². The number of carbonyl (C=O) groups is 1. The Balaban J connectivity index is 2.15. The molecular formula is C12H16N2O2. The fourth-order valence-corrected chi connectivity index (χ4v) is 1.15. The summed E-state index contributed by atoms with van der Waals surface area (Å²) in [5.41, 5.74) is 1.17. The van der Waals surface area contributed by atoms with Gasteiger partial charge in [0.2, 0.25) is 0 Å². The molecule has 1 heterocycles. The third-order valence-corrected chi connectivity index (χ3v) is 1.88. The minimum absolute atomic E-state index is 0.298. The zero-order valence-electron chi connectivity index (χ0n) is 9.35. The van der Waals surface area contributed by atoms with Gasteiger partial charge in [0.05, 0.1) is 6.61 Å². The van der Waals surface area contributed by atoms with Gasteiger partial charge in [-0.25, -0.2) is 4.79 Å². The fourth-order valence-electron chi connectivity index (χ4n) is 1.15. The lowest BCUT2D eigenvalue weighted by Gasteiger charge is -2.00. The molecule has 0 bridgehead atoms. The number of nitrogens with zero attached hydrogens (tertiary/aromatic N) is 1. The lowest BCUT2D eigenvalue weighted by atomic mass is 10.3. The molecule has 0 fully saturated rings. The van der Waals surface area contributed by atoms with E-state index in [9.17, 15) is 4.79 Å². The summed E-state index contributed by atoms with van der Waals surface area (Å²) in [6.07, 6.45) is 6.69. The van der Waals surface area contributed by atoms with Gasteiger partial charge < -0.3 is 10.1 Å². The van der Waals surface area contributed by atoms with Gasteiger partial charge in [0.25, 0.3) is 0 Å². The third kappa shape index (κ3) is 5.26. The van der Waals surface area contributed by atoms with Crippen LogP contribution in [0.3, 0.4) is 0 Å². The number of hydrogen-bond acceptors (Lipinski definition) is 4.